The number of Topliss-reactive ketones (excluding diaryl/α,β-unsaturated/α-hetero) is 1. The number of hydrogen-bond acceptors (Lipinski definition) is 3. The third kappa shape index (κ3) is 3.63. The maximum atomic E-state index is 12.0. The first kappa shape index (κ1) is 13.7. The van der Waals surface area contributed by atoms with Crippen LogP contribution in [0.4, 0.5) is 0 Å². The van der Waals surface area contributed by atoms with Gasteiger partial charge in [-0.15, -0.1) is 0 Å². The molecule has 3 rings (SSSR count). The van der Waals surface area contributed by atoms with Gasteiger partial charge in [0.15, 0.2) is 0 Å². The van der Waals surface area contributed by atoms with Crippen LogP contribution in [0.5, 0.6) is 0 Å². The molecule has 0 amide bonds. The van der Waals surface area contributed by atoms with Crippen molar-refractivity contribution in [3.63, 3.8) is 0 Å². The van der Waals surface area contributed by atoms with Crippen LogP contribution in [0.25, 0.3) is 0 Å². The zero-order valence-electron chi connectivity index (χ0n) is 11.9. The molecule has 106 valence electrons. The normalized spacial score (nSPS) is 20.7. The van der Waals surface area contributed by atoms with E-state index in [4.69, 9.17) is 0 Å². The van der Waals surface area contributed by atoms with E-state index in [1.807, 2.05) is 36.5 Å². The van der Waals surface area contributed by atoms with E-state index in [1.165, 1.54) is 5.56 Å². The lowest BCUT2D eigenvalue weighted by molar-refractivity contribution is -0.118. The predicted octanol–water partition coefficient (Wildman–Crippen LogP) is 3.56. The first-order valence-corrected chi connectivity index (χ1v) is 7.29. The monoisotopic (exact) mass is 278 g/mol. The molecular formula is C18H18N2O. The lowest BCUT2D eigenvalue weighted by Crippen LogP contribution is -2.21. The Morgan fingerprint density at radius 1 is 1.10 bits per heavy atom. The number of nitrogens with zero attached hydrogens (tertiary/aromatic N) is 2. The lowest BCUT2D eigenvalue weighted by atomic mass is 9.82. The molecule has 3 nitrogen and oxygen atoms in total. The summed E-state index contributed by atoms with van der Waals surface area (Å²) in [4.78, 5) is 20.7. The Balaban J connectivity index is 1.73. The third-order valence-electron chi connectivity index (χ3n) is 3.84. The molecule has 1 aromatic heterocycles. The van der Waals surface area contributed by atoms with Crippen LogP contribution in [0.2, 0.25) is 0 Å². The second-order valence-corrected chi connectivity index (χ2v) is 5.48. The van der Waals surface area contributed by atoms with Gasteiger partial charge in [0.25, 0.3) is 0 Å². The van der Waals surface area contributed by atoms with Crippen molar-refractivity contribution in [2.75, 3.05) is 0 Å². The Morgan fingerprint density at radius 2 is 1.95 bits per heavy atom. The van der Waals surface area contributed by atoms with Crippen LogP contribution in [0, 0.1) is 0 Å². The maximum Gasteiger partial charge on any atom is 0.139 e. The average molecular weight is 278 g/mol. The molecule has 1 aliphatic rings. The molecule has 1 aliphatic carbocycles. The summed E-state index contributed by atoms with van der Waals surface area (Å²) in [6, 6.07) is 14.2. The Bertz CT molecular complexity index is 635. The molecule has 2 aromatic rings. The number of carbonyl (C=O) groups is 1. The molecular weight excluding hydrogens is 260 g/mol. The van der Waals surface area contributed by atoms with Gasteiger partial charge in [-0.2, -0.15) is 0 Å². The van der Waals surface area contributed by atoms with Crippen LogP contribution in [0.15, 0.2) is 59.9 Å². The predicted molar refractivity (Wildman–Crippen MR) is 83.4 cm³/mol. The van der Waals surface area contributed by atoms with Crippen molar-refractivity contribution in [2.45, 2.75) is 31.7 Å². The molecule has 0 saturated heterocycles. The highest BCUT2D eigenvalue weighted by atomic mass is 16.1. The first-order chi connectivity index (χ1) is 10.3. The molecule has 1 heterocycles. The van der Waals surface area contributed by atoms with Gasteiger partial charge >= 0.3 is 0 Å². The standard InChI is InChI=1S/C18H18N2O/c21-18-10-16(15-6-2-1-3-7-15)9-17(11-18)20-13-14-5-4-8-19-12-14/h1-8,12,16H,9-11,13H2/t16-/m1/s1. The summed E-state index contributed by atoms with van der Waals surface area (Å²) in [6.45, 7) is 0.609. The Labute approximate surface area is 124 Å². The number of pyridine rings is 1. The molecule has 21 heavy (non-hydrogen) atoms. The average Bonchev–Trinajstić information content (AvgIpc) is 2.54. The van der Waals surface area contributed by atoms with E-state index in [1.54, 1.807) is 6.20 Å². The lowest BCUT2D eigenvalue weighted by Gasteiger charge is -2.23. The van der Waals surface area contributed by atoms with Gasteiger partial charge in [0.05, 0.1) is 6.54 Å². The van der Waals surface area contributed by atoms with Crippen molar-refractivity contribution >= 4 is 11.5 Å². The van der Waals surface area contributed by atoms with Crippen molar-refractivity contribution in [3.8, 4) is 0 Å². The smallest absolute Gasteiger partial charge is 0.139 e. The Kier molecular flexibility index (Phi) is 4.20. The van der Waals surface area contributed by atoms with Gasteiger partial charge in [-0.25, -0.2) is 0 Å². The fraction of sp³-hybridized carbons (Fsp3) is 0.278. The molecule has 3 heteroatoms. The van der Waals surface area contributed by atoms with Crippen molar-refractivity contribution in [1.82, 2.24) is 4.98 Å². The largest absolute Gasteiger partial charge is 0.299 e. The molecule has 0 spiro atoms. The number of ketones is 1. The zero-order chi connectivity index (χ0) is 14.5. The summed E-state index contributed by atoms with van der Waals surface area (Å²) < 4.78 is 0. The van der Waals surface area contributed by atoms with Gasteiger partial charge in [0.2, 0.25) is 0 Å². The zero-order valence-corrected chi connectivity index (χ0v) is 11.9. The van der Waals surface area contributed by atoms with Crippen LogP contribution < -0.4 is 0 Å². The highest BCUT2D eigenvalue weighted by Crippen LogP contribution is 2.29. The minimum atomic E-state index is 0.278. The molecule has 0 bridgehead atoms. The number of aromatic nitrogens is 1. The van der Waals surface area contributed by atoms with E-state index in [-0.39, 0.29) is 5.92 Å². The second-order valence-electron chi connectivity index (χ2n) is 5.48. The van der Waals surface area contributed by atoms with Gasteiger partial charge in [0, 0.05) is 30.9 Å². The molecule has 1 fully saturated rings. The van der Waals surface area contributed by atoms with Crippen LogP contribution in [0.1, 0.15) is 36.3 Å². The summed E-state index contributed by atoms with van der Waals surface area (Å²) in [5.74, 6) is 0.570. The quantitative estimate of drug-likeness (QED) is 0.861. The van der Waals surface area contributed by atoms with Gasteiger partial charge in [0.1, 0.15) is 5.78 Å². The minimum absolute atomic E-state index is 0.278. The molecule has 1 aromatic carbocycles. The van der Waals surface area contributed by atoms with Gasteiger partial charge in [-0.05, 0) is 29.5 Å². The van der Waals surface area contributed by atoms with Gasteiger partial charge in [-0.3, -0.25) is 14.8 Å². The highest BCUT2D eigenvalue weighted by Gasteiger charge is 2.24. The van der Waals surface area contributed by atoms with Crippen LogP contribution in [-0.2, 0) is 11.3 Å². The summed E-state index contributed by atoms with van der Waals surface area (Å²) in [6.07, 6.45) is 5.60. The number of rotatable bonds is 3. The SMILES string of the molecule is O=C1CC(=NCc2cccnc2)C[C@@H](c2ccccc2)C1. The second kappa shape index (κ2) is 6.44. The number of benzene rings is 1. The topological polar surface area (TPSA) is 42.3 Å². The van der Waals surface area contributed by atoms with Crippen molar-refractivity contribution in [3.05, 3.63) is 66.0 Å². The molecule has 0 unspecified atom stereocenters. The van der Waals surface area contributed by atoms with E-state index < -0.39 is 0 Å². The first-order valence-electron chi connectivity index (χ1n) is 7.29. The number of carbonyl (C=O) groups excluding carboxylic acids is 1. The molecule has 0 N–H and O–H groups in total. The van der Waals surface area contributed by atoms with Gasteiger partial charge in [-0.1, -0.05) is 36.4 Å². The fourth-order valence-electron chi connectivity index (χ4n) is 2.78. The molecule has 0 aliphatic heterocycles. The van der Waals surface area contributed by atoms with E-state index in [0.717, 1.165) is 17.7 Å². The number of hydrogen-bond donors (Lipinski definition) is 0. The minimum Gasteiger partial charge on any atom is -0.299 e. The van der Waals surface area contributed by atoms with E-state index in [9.17, 15) is 4.79 Å². The summed E-state index contributed by atoms with van der Waals surface area (Å²) in [5.41, 5.74) is 3.34. The Morgan fingerprint density at radius 3 is 2.71 bits per heavy atom. The van der Waals surface area contributed by atoms with Gasteiger partial charge < -0.3 is 0 Å². The highest BCUT2D eigenvalue weighted by molar-refractivity contribution is 6.05. The third-order valence-corrected chi connectivity index (χ3v) is 3.84. The molecule has 1 atom stereocenters. The van der Waals surface area contributed by atoms with Crippen LogP contribution >= 0.6 is 0 Å². The van der Waals surface area contributed by atoms with Crippen molar-refractivity contribution < 1.29 is 4.79 Å². The number of aliphatic imine (C=N–C) groups is 1. The maximum absolute atomic E-state index is 12.0. The Hall–Kier alpha value is -2.29. The van der Waals surface area contributed by atoms with Crippen LogP contribution in [0.3, 0.4) is 0 Å². The van der Waals surface area contributed by atoms with E-state index in [2.05, 4.69) is 22.1 Å². The van der Waals surface area contributed by atoms with Crippen molar-refractivity contribution in [2.24, 2.45) is 4.99 Å². The summed E-state index contributed by atoms with van der Waals surface area (Å²) in [7, 11) is 0. The van der Waals surface area contributed by atoms with E-state index >= 15 is 0 Å². The molecule has 0 radical (unpaired) electrons. The molecule has 1 saturated carbocycles. The van der Waals surface area contributed by atoms with Crippen molar-refractivity contribution in [1.29, 1.82) is 0 Å². The van der Waals surface area contributed by atoms with E-state index in [0.29, 0.717) is 25.2 Å². The summed E-state index contributed by atoms with van der Waals surface area (Å²) in [5, 5.41) is 0. The fourth-order valence-corrected chi connectivity index (χ4v) is 2.78. The van der Waals surface area contributed by atoms with Crippen LogP contribution in [-0.4, -0.2) is 16.5 Å². The summed E-state index contributed by atoms with van der Waals surface area (Å²) >= 11 is 0.